The number of thioether (sulfide) groups is 1. The number of carbonyl (C=O) groups excluding carboxylic acids is 1. The van der Waals surface area contributed by atoms with Crippen LogP contribution in [0, 0.1) is 0 Å². The first-order valence-corrected chi connectivity index (χ1v) is 7.51. The topological polar surface area (TPSA) is 64.2 Å². The van der Waals surface area contributed by atoms with Crippen LogP contribution in [0.15, 0.2) is 12.5 Å². The minimum absolute atomic E-state index is 0.0216. The third kappa shape index (κ3) is 3.74. The lowest BCUT2D eigenvalue weighted by molar-refractivity contribution is 0.0738. The quantitative estimate of drug-likeness (QED) is 0.804. The molecule has 1 heterocycles. The number of carbonyl (C=O) groups is 1. The van der Waals surface area contributed by atoms with Gasteiger partial charge in [0.1, 0.15) is 5.69 Å². The third-order valence-electron chi connectivity index (χ3n) is 2.94. The average molecular weight is 270 g/mol. The number of imidazole rings is 1. The van der Waals surface area contributed by atoms with Crippen LogP contribution in [0.4, 0.5) is 0 Å². The predicted molar refractivity (Wildman–Crippen MR) is 75.8 cm³/mol. The second-order valence-corrected chi connectivity index (χ2v) is 5.13. The summed E-state index contributed by atoms with van der Waals surface area (Å²) in [5, 5.41) is 0. The average Bonchev–Trinajstić information content (AvgIpc) is 2.83. The van der Waals surface area contributed by atoms with E-state index >= 15 is 0 Å². The Bertz CT molecular complexity index is 380. The number of hydrogen-bond acceptors (Lipinski definition) is 4. The van der Waals surface area contributed by atoms with Gasteiger partial charge in [0.15, 0.2) is 0 Å². The van der Waals surface area contributed by atoms with Crippen molar-refractivity contribution in [3.05, 3.63) is 18.2 Å². The van der Waals surface area contributed by atoms with Crippen molar-refractivity contribution in [2.24, 2.45) is 5.73 Å². The highest BCUT2D eigenvalue weighted by Crippen LogP contribution is 2.11. The van der Waals surface area contributed by atoms with Gasteiger partial charge in [0, 0.05) is 38.1 Å². The van der Waals surface area contributed by atoms with Gasteiger partial charge in [0.25, 0.3) is 5.91 Å². The second kappa shape index (κ2) is 7.43. The van der Waals surface area contributed by atoms with Crippen LogP contribution in [-0.4, -0.2) is 52.0 Å². The molecule has 2 N–H and O–H groups in total. The first kappa shape index (κ1) is 15.0. The fourth-order valence-corrected chi connectivity index (χ4v) is 2.63. The van der Waals surface area contributed by atoms with Gasteiger partial charge >= 0.3 is 0 Å². The molecular weight excluding hydrogens is 248 g/mol. The van der Waals surface area contributed by atoms with Gasteiger partial charge in [0.2, 0.25) is 0 Å². The van der Waals surface area contributed by atoms with Gasteiger partial charge in [-0.25, -0.2) is 4.98 Å². The van der Waals surface area contributed by atoms with Gasteiger partial charge in [-0.1, -0.05) is 6.92 Å². The fourth-order valence-electron chi connectivity index (χ4n) is 1.78. The number of nitrogens with two attached hydrogens (primary N) is 1. The van der Waals surface area contributed by atoms with Crippen molar-refractivity contribution in [3.8, 4) is 0 Å². The Morgan fingerprint density at radius 1 is 1.67 bits per heavy atom. The van der Waals surface area contributed by atoms with E-state index in [2.05, 4.69) is 18.2 Å². The summed E-state index contributed by atoms with van der Waals surface area (Å²) in [4.78, 5) is 18.2. The van der Waals surface area contributed by atoms with Crippen LogP contribution < -0.4 is 5.73 Å². The summed E-state index contributed by atoms with van der Waals surface area (Å²) in [6.07, 6.45) is 6.42. The van der Waals surface area contributed by atoms with Crippen molar-refractivity contribution in [3.63, 3.8) is 0 Å². The lowest BCUT2D eigenvalue weighted by atomic mass is 10.2. The summed E-state index contributed by atoms with van der Waals surface area (Å²) in [6, 6.07) is 0.257. The minimum atomic E-state index is -0.0216. The zero-order chi connectivity index (χ0) is 13.5. The summed E-state index contributed by atoms with van der Waals surface area (Å²) in [5.41, 5.74) is 5.96. The van der Waals surface area contributed by atoms with E-state index in [0.29, 0.717) is 18.8 Å². The standard InChI is InChI=1S/C12H22N4OS/c1-4-10(8-18-3)15(2)12(17)11-7-16(6-5-13)9-14-11/h7,9-10H,4-6,8,13H2,1-3H3. The van der Waals surface area contributed by atoms with Crippen molar-refractivity contribution in [2.75, 3.05) is 25.6 Å². The molecule has 0 fully saturated rings. The Balaban J connectivity index is 2.71. The first-order valence-electron chi connectivity index (χ1n) is 6.12. The van der Waals surface area contributed by atoms with E-state index in [4.69, 9.17) is 5.73 Å². The number of rotatable bonds is 7. The molecule has 0 bridgehead atoms. The molecule has 0 aliphatic carbocycles. The van der Waals surface area contributed by atoms with Crippen LogP contribution in [0.25, 0.3) is 0 Å². The molecule has 1 rings (SSSR count). The number of aromatic nitrogens is 2. The van der Waals surface area contributed by atoms with Crippen LogP contribution in [0.2, 0.25) is 0 Å². The molecule has 1 atom stereocenters. The van der Waals surface area contributed by atoms with Gasteiger partial charge in [-0.3, -0.25) is 4.79 Å². The normalized spacial score (nSPS) is 12.4. The number of amides is 1. The van der Waals surface area contributed by atoms with Crippen molar-refractivity contribution >= 4 is 17.7 Å². The summed E-state index contributed by atoms with van der Waals surface area (Å²) >= 11 is 1.75. The maximum atomic E-state index is 12.2. The molecule has 0 saturated carbocycles. The molecule has 1 aromatic heterocycles. The monoisotopic (exact) mass is 270 g/mol. The van der Waals surface area contributed by atoms with Gasteiger partial charge in [-0.15, -0.1) is 0 Å². The SMILES string of the molecule is CCC(CSC)N(C)C(=O)c1cn(CCN)cn1. The van der Waals surface area contributed by atoms with Gasteiger partial charge in [-0.05, 0) is 12.7 Å². The van der Waals surface area contributed by atoms with Gasteiger partial charge in [0.05, 0.1) is 6.33 Å². The molecule has 0 spiro atoms. The van der Waals surface area contributed by atoms with Crippen molar-refractivity contribution in [1.29, 1.82) is 0 Å². The Hall–Kier alpha value is -1.01. The molecule has 102 valence electrons. The maximum Gasteiger partial charge on any atom is 0.274 e. The fraction of sp³-hybridized carbons (Fsp3) is 0.667. The van der Waals surface area contributed by atoms with E-state index in [9.17, 15) is 4.79 Å². The number of hydrogen-bond donors (Lipinski definition) is 1. The molecule has 0 radical (unpaired) electrons. The Kier molecular flexibility index (Phi) is 6.21. The van der Waals surface area contributed by atoms with Gasteiger partial charge in [-0.2, -0.15) is 11.8 Å². The van der Waals surface area contributed by atoms with Crippen molar-refractivity contribution < 1.29 is 4.79 Å². The molecule has 0 aromatic carbocycles. The highest BCUT2D eigenvalue weighted by atomic mass is 32.2. The molecule has 0 aliphatic rings. The largest absolute Gasteiger partial charge is 0.337 e. The Labute approximate surface area is 113 Å². The highest BCUT2D eigenvalue weighted by molar-refractivity contribution is 7.98. The lowest BCUT2D eigenvalue weighted by Crippen LogP contribution is -2.38. The molecule has 0 saturated heterocycles. The van der Waals surface area contributed by atoms with Crippen LogP contribution >= 0.6 is 11.8 Å². The third-order valence-corrected chi connectivity index (χ3v) is 3.66. The Morgan fingerprint density at radius 3 is 2.94 bits per heavy atom. The van der Waals surface area contributed by atoms with Crippen LogP contribution in [-0.2, 0) is 6.54 Å². The summed E-state index contributed by atoms with van der Waals surface area (Å²) < 4.78 is 1.84. The van der Waals surface area contributed by atoms with E-state index in [1.54, 1.807) is 29.2 Å². The summed E-state index contributed by atoms with van der Waals surface area (Å²) in [6.45, 7) is 3.33. The molecular formula is C12H22N4OS. The zero-order valence-electron chi connectivity index (χ0n) is 11.3. The maximum absolute atomic E-state index is 12.2. The second-order valence-electron chi connectivity index (χ2n) is 4.22. The molecule has 1 amide bonds. The van der Waals surface area contributed by atoms with E-state index in [1.807, 2.05) is 11.6 Å². The van der Waals surface area contributed by atoms with Crippen LogP contribution in [0.3, 0.4) is 0 Å². The number of nitrogens with zero attached hydrogens (tertiary/aromatic N) is 3. The molecule has 1 unspecified atom stereocenters. The first-order chi connectivity index (χ1) is 8.63. The Morgan fingerprint density at radius 2 is 2.39 bits per heavy atom. The van der Waals surface area contributed by atoms with Crippen LogP contribution in [0.1, 0.15) is 23.8 Å². The van der Waals surface area contributed by atoms with Crippen molar-refractivity contribution in [2.45, 2.75) is 25.9 Å². The zero-order valence-corrected chi connectivity index (χ0v) is 12.1. The van der Waals surface area contributed by atoms with Gasteiger partial charge < -0.3 is 15.2 Å². The molecule has 18 heavy (non-hydrogen) atoms. The van der Waals surface area contributed by atoms with E-state index in [0.717, 1.165) is 12.2 Å². The predicted octanol–water partition coefficient (Wildman–Crippen LogP) is 1.06. The molecule has 0 aliphatic heterocycles. The minimum Gasteiger partial charge on any atom is -0.337 e. The highest BCUT2D eigenvalue weighted by Gasteiger charge is 2.21. The summed E-state index contributed by atoms with van der Waals surface area (Å²) in [7, 11) is 1.84. The van der Waals surface area contributed by atoms with Crippen LogP contribution in [0.5, 0.6) is 0 Å². The van der Waals surface area contributed by atoms with E-state index in [-0.39, 0.29) is 11.9 Å². The summed E-state index contributed by atoms with van der Waals surface area (Å²) in [5.74, 6) is 0.925. The van der Waals surface area contributed by atoms with Crippen molar-refractivity contribution in [1.82, 2.24) is 14.5 Å². The van der Waals surface area contributed by atoms with E-state index < -0.39 is 0 Å². The molecule has 6 heteroatoms. The molecule has 5 nitrogen and oxygen atoms in total. The smallest absolute Gasteiger partial charge is 0.274 e. The lowest BCUT2D eigenvalue weighted by Gasteiger charge is -2.25. The molecule has 1 aromatic rings. The van der Waals surface area contributed by atoms with E-state index in [1.165, 1.54) is 0 Å².